The Balaban J connectivity index is 1.78. The molecule has 6 nitrogen and oxygen atoms in total. The minimum Gasteiger partial charge on any atom is -0.434 e. The van der Waals surface area contributed by atoms with Crippen LogP contribution < -0.4 is 20.7 Å². The summed E-state index contributed by atoms with van der Waals surface area (Å²) in [6.07, 6.45) is 0. The molecule has 144 valence electrons. The number of benzene rings is 2. The van der Waals surface area contributed by atoms with Gasteiger partial charge in [-0.2, -0.15) is 8.78 Å². The van der Waals surface area contributed by atoms with E-state index in [0.29, 0.717) is 18.1 Å². The zero-order valence-corrected chi connectivity index (χ0v) is 14.9. The Morgan fingerprint density at radius 1 is 1.00 bits per heavy atom. The van der Waals surface area contributed by atoms with Crippen LogP contribution in [-0.2, 0) is 17.9 Å². The van der Waals surface area contributed by atoms with E-state index >= 15 is 0 Å². The second-order valence-corrected chi connectivity index (χ2v) is 5.53. The lowest BCUT2D eigenvalue weighted by molar-refractivity contribution is -0.120. The maximum atomic E-state index is 12.4. The van der Waals surface area contributed by atoms with Crippen LogP contribution in [0.25, 0.3) is 0 Å². The molecule has 0 bridgehead atoms. The van der Waals surface area contributed by atoms with E-state index in [0.717, 1.165) is 5.56 Å². The van der Waals surface area contributed by atoms with Gasteiger partial charge in [-0.15, -0.1) is 0 Å². The maximum absolute atomic E-state index is 12.4. The largest absolute Gasteiger partial charge is 0.434 e. The van der Waals surface area contributed by atoms with Gasteiger partial charge >= 0.3 is 6.61 Å². The van der Waals surface area contributed by atoms with E-state index in [1.165, 1.54) is 6.07 Å². The number of ether oxygens (including phenoxy) is 1. The summed E-state index contributed by atoms with van der Waals surface area (Å²) in [5.74, 6) is 0.274. The van der Waals surface area contributed by atoms with E-state index in [2.05, 4.69) is 25.7 Å². The van der Waals surface area contributed by atoms with E-state index in [9.17, 15) is 13.6 Å². The highest BCUT2D eigenvalue weighted by atomic mass is 19.3. The van der Waals surface area contributed by atoms with Crippen LogP contribution in [0.4, 0.5) is 8.78 Å². The molecular weight excluding hydrogens is 354 g/mol. The van der Waals surface area contributed by atoms with E-state index in [1.54, 1.807) is 25.2 Å². The molecular formula is C19H22F2N4O2. The summed E-state index contributed by atoms with van der Waals surface area (Å²) < 4.78 is 29.4. The first-order chi connectivity index (χ1) is 13.1. The van der Waals surface area contributed by atoms with Gasteiger partial charge in [0.05, 0.1) is 6.54 Å². The molecule has 0 unspecified atom stereocenters. The van der Waals surface area contributed by atoms with E-state index in [-0.39, 0.29) is 24.7 Å². The minimum absolute atomic E-state index is 0.0295. The summed E-state index contributed by atoms with van der Waals surface area (Å²) in [5, 5.41) is 8.63. The van der Waals surface area contributed by atoms with Gasteiger partial charge in [0.1, 0.15) is 5.75 Å². The number of carbonyl (C=O) groups excluding carboxylic acids is 1. The van der Waals surface area contributed by atoms with Gasteiger partial charge in [0.15, 0.2) is 5.96 Å². The Kier molecular flexibility index (Phi) is 8.02. The molecule has 0 saturated heterocycles. The second kappa shape index (κ2) is 10.7. The van der Waals surface area contributed by atoms with E-state index in [1.807, 2.05) is 30.3 Å². The molecule has 0 saturated carbocycles. The average molecular weight is 376 g/mol. The van der Waals surface area contributed by atoms with Crippen molar-refractivity contribution in [3.63, 3.8) is 0 Å². The van der Waals surface area contributed by atoms with Gasteiger partial charge in [0.25, 0.3) is 0 Å². The summed E-state index contributed by atoms with van der Waals surface area (Å²) in [4.78, 5) is 15.9. The summed E-state index contributed by atoms with van der Waals surface area (Å²) in [6, 6.07) is 16.0. The fourth-order valence-corrected chi connectivity index (χ4v) is 2.28. The normalized spacial score (nSPS) is 11.2. The lowest BCUT2D eigenvalue weighted by Gasteiger charge is -2.14. The van der Waals surface area contributed by atoms with Crippen molar-refractivity contribution in [3.8, 4) is 5.75 Å². The molecule has 0 aliphatic rings. The molecule has 0 aliphatic heterocycles. The zero-order chi connectivity index (χ0) is 19.5. The van der Waals surface area contributed by atoms with Crippen LogP contribution >= 0.6 is 0 Å². The van der Waals surface area contributed by atoms with Gasteiger partial charge in [-0.25, -0.2) is 0 Å². The predicted molar refractivity (Wildman–Crippen MR) is 99.6 cm³/mol. The molecule has 2 aromatic carbocycles. The molecule has 0 aromatic heterocycles. The number of alkyl halides is 2. The maximum Gasteiger partial charge on any atom is 0.387 e. The van der Waals surface area contributed by atoms with Crippen molar-refractivity contribution in [2.75, 3.05) is 13.6 Å². The molecule has 2 rings (SSSR count). The number of nitrogens with one attached hydrogen (secondary N) is 3. The lowest BCUT2D eigenvalue weighted by atomic mass is 10.2. The first kappa shape index (κ1) is 20.2. The number of carbonyl (C=O) groups is 1. The molecule has 1 amide bonds. The number of guanidine groups is 1. The van der Waals surface area contributed by atoms with Crippen LogP contribution in [0.3, 0.4) is 0 Å². The number of para-hydroxylation sites is 1. The van der Waals surface area contributed by atoms with Crippen molar-refractivity contribution in [2.45, 2.75) is 19.7 Å². The zero-order valence-electron chi connectivity index (χ0n) is 14.9. The smallest absolute Gasteiger partial charge is 0.387 e. The summed E-state index contributed by atoms with van der Waals surface area (Å²) in [6.45, 7) is -2.21. The van der Waals surface area contributed by atoms with Crippen LogP contribution in [-0.4, -0.2) is 32.1 Å². The number of nitrogens with zero attached hydrogens (tertiary/aromatic N) is 1. The lowest BCUT2D eigenvalue weighted by Crippen LogP contribution is -2.42. The SMILES string of the molecule is CN=C(NCC(=O)NCc1ccccc1)NCc1ccccc1OC(F)F. The van der Waals surface area contributed by atoms with Crippen LogP contribution in [0, 0.1) is 0 Å². The second-order valence-electron chi connectivity index (χ2n) is 5.53. The molecule has 27 heavy (non-hydrogen) atoms. The molecule has 0 radical (unpaired) electrons. The van der Waals surface area contributed by atoms with E-state index < -0.39 is 6.61 Å². The molecule has 0 atom stereocenters. The van der Waals surface area contributed by atoms with Crippen LogP contribution in [0.5, 0.6) is 5.75 Å². The Labute approximate surface area is 156 Å². The topological polar surface area (TPSA) is 74.8 Å². The van der Waals surface area contributed by atoms with Crippen LogP contribution in [0.2, 0.25) is 0 Å². The quantitative estimate of drug-likeness (QED) is 0.488. The molecule has 0 heterocycles. The summed E-state index contributed by atoms with van der Waals surface area (Å²) in [5.41, 5.74) is 1.55. The van der Waals surface area contributed by atoms with Gasteiger partial charge in [0.2, 0.25) is 5.91 Å². The highest BCUT2D eigenvalue weighted by molar-refractivity contribution is 5.86. The molecule has 8 heteroatoms. The Morgan fingerprint density at radius 3 is 2.41 bits per heavy atom. The van der Waals surface area contributed by atoms with Gasteiger partial charge < -0.3 is 20.7 Å². The number of aliphatic imine (C=N–C) groups is 1. The molecule has 0 fully saturated rings. The number of amides is 1. The Hall–Kier alpha value is -3.16. The highest BCUT2D eigenvalue weighted by Crippen LogP contribution is 2.19. The van der Waals surface area contributed by atoms with Gasteiger partial charge in [-0.3, -0.25) is 9.79 Å². The molecule has 0 aliphatic carbocycles. The number of hydrogen-bond acceptors (Lipinski definition) is 3. The Morgan fingerprint density at radius 2 is 1.70 bits per heavy atom. The van der Waals surface area contributed by atoms with Crippen molar-refractivity contribution in [2.24, 2.45) is 4.99 Å². The number of hydrogen-bond donors (Lipinski definition) is 3. The molecule has 2 aromatic rings. The van der Waals surface area contributed by atoms with Crippen molar-refractivity contribution >= 4 is 11.9 Å². The predicted octanol–water partition coefficient (Wildman–Crippen LogP) is 2.27. The van der Waals surface area contributed by atoms with Gasteiger partial charge in [-0.1, -0.05) is 48.5 Å². The third kappa shape index (κ3) is 7.31. The molecule has 3 N–H and O–H groups in total. The average Bonchev–Trinajstić information content (AvgIpc) is 2.68. The van der Waals surface area contributed by atoms with Gasteiger partial charge in [-0.05, 0) is 11.6 Å². The first-order valence-corrected chi connectivity index (χ1v) is 8.36. The molecule has 0 spiro atoms. The fraction of sp³-hybridized carbons (Fsp3) is 0.263. The Bertz CT molecular complexity index is 754. The van der Waals surface area contributed by atoms with Crippen LogP contribution in [0.1, 0.15) is 11.1 Å². The van der Waals surface area contributed by atoms with E-state index in [4.69, 9.17) is 0 Å². The van der Waals surface area contributed by atoms with Crippen molar-refractivity contribution in [1.29, 1.82) is 0 Å². The third-order valence-corrected chi connectivity index (χ3v) is 3.61. The number of halogens is 2. The highest BCUT2D eigenvalue weighted by Gasteiger charge is 2.10. The summed E-state index contributed by atoms with van der Waals surface area (Å²) in [7, 11) is 1.55. The fourth-order valence-electron chi connectivity index (χ4n) is 2.28. The van der Waals surface area contributed by atoms with Crippen molar-refractivity contribution < 1.29 is 18.3 Å². The third-order valence-electron chi connectivity index (χ3n) is 3.61. The monoisotopic (exact) mass is 376 g/mol. The summed E-state index contributed by atoms with van der Waals surface area (Å²) >= 11 is 0. The number of rotatable bonds is 8. The van der Waals surface area contributed by atoms with Crippen molar-refractivity contribution in [3.05, 3.63) is 65.7 Å². The van der Waals surface area contributed by atoms with Gasteiger partial charge in [0, 0.05) is 25.7 Å². The van der Waals surface area contributed by atoms with Crippen LogP contribution in [0.15, 0.2) is 59.6 Å². The standard InChI is InChI=1S/C19H22F2N4O2/c1-22-19(24-12-15-9-5-6-10-16(15)27-18(20)21)25-13-17(26)23-11-14-7-3-2-4-8-14/h2-10,18H,11-13H2,1H3,(H,23,26)(H2,22,24,25). The van der Waals surface area contributed by atoms with Crippen molar-refractivity contribution in [1.82, 2.24) is 16.0 Å². The minimum atomic E-state index is -2.89. The first-order valence-electron chi connectivity index (χ1n) is 8.36.